The fraction of sp³-hybridized carbons (Fsp3) is 0.500. The molecule has 1 saturated heterocycles. The first kappa shape index (κ1) is 17.5. The van der Waals surface area contributed by atoms with Crippen molar-refractivity contribution in [3.63, 3.8) is 0 Å². The SMILES string of the molecule is CN(C1CCN(C(=O)c2cc(Cl)cc(Cl)c2)CC1)S(C)(=O)=O. The molecular formula is C14H18Cl2N2O3S. The van der Waals surface area contributed by atoms with Crippen LogP contribution >= 0.6 is 23.2 Å². The number of nitrogens with zero attached hydrogens (tertiary/aromatic N) is 2. The van der Waals surface area contributed by atoms with E-state index in [1.165, 1.54) is 10.6 Å². The van der Waals surface area contributed by atoms with Gasteiger partial charge in [0.2, 0.25) is 10.0 Å². The number of carbonyl (C=O) groups excluding carboxylic acids is 1. The maximum atomic E-state index is 12.5. The minimum absolute atomic E-state index is 0.0676. The lowest BCUT2D eigenvalue weighted by Crippen LogP contribution is -2.47. The van der Waals surface area contributed by atoms with Crippen molar-refractivity contribution in [1.29, 1.82) is 0 Å². The summed E-state index contributed by atoms with van der Waals surface area (Å²) in [4.78, 5) is 14.2. The van der Waals surface area contributed by atoms with E-state index >= 15 is 0 Å². The second kappa shape index (κ2) is 6.74. The van der Waals surface area contributed by atoms with Crippen molar-refractivity contribution in [2.24, 2.45) is 0 Å². The Kier molecular flexibility index (Phi) is 5.37. The van der Waals surface area contributed by atoms with Crippen LogP contribution in [0.3, 0.4) is 0 Å². The molecule has 22 heavy (non-hydrogen) atoms. The Morgan fingerprint density at radius 3 is 2.14 bits per heavy atom. The molecule has 0 N–H and O–H groups in total. The number of halogens is 2. The van der Waals surface area contributed by atoms with E-state index in [-0.39, 0.29) is 11.9 Å². The van der Waals surface area contributed by atoms with Gasteiger partial charge in [-0.05, 0) is 31.0 Å². The molecule has 1 heterocycles. The van der Waals surface area contributed by atoms with Gasteiger partial charge in [-0.1, -0.05) is 23.2 Å². The van der Waals surface area contributed by atoms with Gasteiger partial charge in [-0.25, -0.2) is 12.7 Å². The van der Waals surface area contributed by atoms with E-state index in [2.05, 4.69) is 0 Å². The highest BCUT2D eigenvalue weighted by atomic mass is 35.5. The molecule has 0 radical (unpaired) electrons. The fourth-order valence-corrected chi connectivity index (χ4v) is 3.84. The molecule has 0 bridgehead atoms. The van der Waals surface area contributed by atoms with Crippen LogP contribution in [0, 0.1) is 0 Å². The quantitative estimate of drug-likeness (QED) is 0.827. The predicted molar refractivity (Wildman–Crippen MR) is 88.0 cm³/mol. The second-order valence-electron chi connectivity index (χ2n) is 5.46. The number of hydrogen-bond acceptors (Lipinski definition) is 3. The Morgan fingerprint density at radius 1 is 1.18 bits per heavy atom. The standard InChI is InChI=1S/C14H18Cl2N2O3S/c1-17(22(2,20)21)13-3-5-18(6-4-13)14(19)10-7-11(15)9-12(16)8-10/h7-9,13H,3-6H2,1-2H3. The summed E-state index contributed by atoms with van der Waals surface area (Å²) < 4.78 is 24.5. The van der Waals surface area contributed by atoms with Gasteiger partial charge in [0.25, 0.3) is 5.91 Å². The Bertz CT molecular complexity index is 650. The van der Waals surface area contributed by atoms with Crippen LogP contribution in [-0.4, -0.2) is 56.0 Å². The Morgan fingerprint density at radius 2 is 1.68 bits per heavy atom. The largest absolute Gasteiger partial charge is 0.339 e. The summed E-state index contributed by atoms with van der Waals surface area (Å²) in [5, 5.41) is 0.838. The molecule has 1 amide bonds. The van der Waals surface area contributed by atoms with E-state index < -0.39 is 10.0 Å². The summed E-state index contributed by atoms with van der Waals surface area (Å²) in [5.41, 5.74) is 0.451. The van der Waals surface area contributed by atoms with Crippen LogP contribution < -0.4 is 0 Å². The topological polar surface area (TPSA) is 57.7 Å². The third-order valence-electron chi connectivity index (χ3n) is 3.90. The van der Waals surface area contributed by atoms with Gasteiger partial charge in [-0.2, -0.15) is 0 Å². The number of carbonyl (C=O) groups is 1. The van der Waals surface area contributed by atoms with Gasteiger partial charge in [0, 0.05) is 41.8 Å². The van der Waals surface area contributed by atoms with Crippen LogP contribution in [-0.2, 0) is 10.0 Å². The monoisotopic (exact) mass is 364 g/mol. The van der Waals surface area contributed by atoms with Crippen LogP contribution in [0.2, 0.25) is 10.0 Å². The van der Waals surface area contributed by atoms with Gasteiger partial charge in [-0.3, -0.25) is 4.79 Å². The van der Waals surface area contributed by atoms with Crippen molar-refractivity contribution in [1.82, 2.24) is 9.21 Å². The summed E-state index contributed by atoms with van der Waals surface area (Å²) in [6, 6.07) is 4.68. The van der Waals surface area contributed by atoms with E-state index in [4.69, 9.17) is 23.2 Å². The van der Waals surface area contributed by atoms with E-state index in [0.717, 1.165) is 0 Å². The van der Waals surface area contributed by atoms with Gasteiger partial charge < -0.3 is 4.90 Å². The van der Waals surface area contributed by atoms with Crippen LogP contribution in [0.15, 0.2) is 18.2 Å². The highest BCUT2D eigenvalue weighted by Crippen LogP contribution is 2.23. The molecule has 0 unspecified atom stereocenters. The molecular weight excluding hydrogens is 347 g/mol. The molecule has 1 aliphatic heterocycles. The third kappa shape index (κ3) is 4.13. The average molecular weight is 365 g/mol. The normalized spacial score (nSPS) is 17.0. The number of likely N-dealkylation sites (tertiary alicyclic amines) is 1. The van der Waals surface area contributed by atoms with Gasteiger partial charge in [-0.15, -0.1) is 0 Å². The minimum Gasteiger partial charge on any atom is -0.339 e. The van der Waals surface area contributed by atoms with Crippen molar-refractivity contribution in [2.45, 2.75) is 18.9 Å². The number of hydrogen-bond donors (Lipinski definition) is 0. The highest BCUT2D eigenvalue weighted by molar-refractivity contribution is 7.88. The molecule has 0 aromatic heterocycles. The molecule has 0 aliphatic carbocycles. The molecule has 0 saturated carbocycles. The van der Waals surface area contributed by atoms with Crippen molar-refractivity contribution < 1.29 is 13.2 Å². The number of benzene rings is 1. The summed E-state index contributed by atoms with van der Waals surface area (Å²) in [5.74, 6) is -0.134. The lowest BCUT2D eigenvalue weighted by atomic mass is 10.0. The summed E-state index contributed by atoms with van der Waals surface area (Å²) in [6.07, 6.45) is 2.42. The third-order valence-corrected chi connectivity index (χ3v) is 5.68. The average Bonchev–Trinajstić information content (AvgIpc) is 2.44. The molecule has 0 atom stereocenters. The van der Waals surface area contributed by atoms with E-state index in [1.54, 1.807) is 30.1 Å². The molecule has 0 spiro atoms. The molecule has 1 aromatic rings. The zero-order valence-electron chi connectivity index (χ0n) is 12.4. The van der Waals surface area contributed by atoms with Crippen LogP contribution in [0.1, 0.15) is 23.2 Å². The van der Waals surface area contributed by atoms with Crippen LogP contribution in [0.25, 0.3) is 0 Å². The molecule has 1 aliphatic rings. The Labute approximate surface area is 140 Å². The van der Waals surface area contributed by atoms with Crippen molar-refractivity contribution >= 4 is 39.1 Å². The number of sulfonamides is 1. The molecule has 1 aromatic carbocycles. The zero-order chi connectivity index (χ0) is 16.5. The van der Waals surface area contributed by atoms with Crippen molar-refractivity contribution in [3.05, 3.63) is 33.8 Å². The second-order valence-corrected chi connectivity index (χ2v) is 8.38. The van der Waals surface area contributed by atoms with Crippen molar-refractivity contribution in [2.75, 3.05) is 26.4 Å². The van der Waals surface area contributed by atoms with Gasteiger partial charge in [0.05, 0.1) is 6.26 Å². The number of piperidine rings is 1. The van der Waals surface area contributed by atoms with Crippen molar-refractivity contribution in [3.8, 4) is 0 Å². The minimum atomic E-state index is -3.21. The van der Waals surface area contributed by atoms with E-state index in [9.17, 15) is 13.2 Å². The number of rotatable bonds is 3. The van der Waals surface area contributed by atoms with Gasteiger partial charge >= 0.3 is 0 Å². The van der Waals surface area contributed by atoms with Gasteiger partial charge in [0.1, 0.15) is 0 Å². The lowest BCUT2D eigenvalue weighted by molar-refractivity contribution is 0.0686. The van der Waals surface area contributed by atoms with E-state index in [1.807, 2.05) is 0 Å². The maximum absolute atomic E-state index is 12.5. The molecule has 5 nitrogen and oxygen atoms in total. The van der Waals surface area contributed by atoms with Crippen LogP contribution in [0.4, 0.5) is 0 Å². The summed E-state index contributed by atoms with van der Waals surface area (Å²) in [7, 11) is -1.63. The molecule has 1 fully saturated rings. The van der Waals surface area contributed by atoms with E-state index in [0.29, 0.717) is 41.5 Å². The first-order chi connectivity index (χ1) is 10.2. The highest BCUT2D eigenvalue weighted by Gasteiger charge is 2.29. The maximum Gasteiger partial charge on any atom is 0.253 e. The first-order valence-electron chi connectivity index (χ1n) is 6.87. The Balaban J connectivity index is 2.04. The molecule has 8 heteroatoms. The zero-order valence-corrected chi connectivity index (χ0v) is 14.7. The lowest BCUT2D eigenvalue weighted by Gasteiger charge is -2.35. The molecule has 122 valence electrons. The number of amides is 1. The summed E-state index contributed by atoms with van der Waals surface area (Å²) in [6.45, 7) is 1.01. The smallest absolute Gasteiger partial charge is 0.253 e. The summed E-state index contributed by atoms with van der Waals surface area (Å²) >= 11 is 11.8. The van der Waals surface area contributed by atoms with Crippen LogP contribution in [0.5, 0.6) is 0 Å². The Hall–Kier alpha value is -0.820. The predicted octanol–water partition coefficient (Wildman–Crippen LogP) is 2.49. The fourth-order valence-electron chi connectivity index (χ4n) is 2.56. The molecule has 2 rings (SSSR count). The first-order valence-corrected chi connectivity index (χ1v) is 9.47. The van der Waals surface area contributed by atoms with Gasteiger partial charge in [0.15, 0.2) is 0 Å².